The summed E-state index contributed by atoms with van der Waals surface area (Å²) in [5.41, 5.74) is 0. The normalized spacial score (nSPS) is 26.4. The lowest BCUT2D eigenvalue weighted by Crippen LogP contribution is -2.44. The maximum absolute atomic E-state index is 11.6. The summed E-state index contributed by atoms with van der Waals surface area (Å²) in [4.78, 5) is 25.0. The first kappa shape index (κ1) is 11.2. The van der Waals surface area contributed by atoms with Gasteiger partial charge in [0.25, 0.3) is 0 Å². The molecule has 6 heteroatoms. The highest BCUT2D eigenvalue weighted by Crippen LogP contribution is 2.22. The lowest BCUT2D eigenvalue weighted by atomic mass is 10.2. The molecule has 2 atom stereocenters. The van der Waals surface area contributed by atoms with Crippen LogP contribution in [0.15, 0.2) is 0 Å². The van der Waals surface area contributed by atoms with Gasteiger partial charge < -0.3 is 10.0 Å². The topological polar surface area (TPSA) is 60.9 Å². The molecule has 80 valence electrons. The van der Waals surface area contributed by atoms with E-state index >= 15 is 0 Å². The second kappa shape index (κ2) is 4.08. The van der Waals surface area contributed by atoms with Gasteiger partial charge in [-0.2, -0.15) is 12.6 Å². The molecule has 5 nitrogen and oxygen atoms in total. The van der Waals surface area contributed by atoms with Crippen molar-refractivity contribution >= 4 is 24.6 Å². The molecule has 0 aromatic rings. The fourth-order valence-corrected chi connectivity index (χ4v) is 1.93. The molecule has 0 aliphatic carbocycles. The van der Waals surface area contributed by atoms with Crippen LogP contribution in [0, 0.1) is 0 Å². The summed E-state index contributed by atoms with van der Waals surface area (Å²) in [5, 5.41) is 8.81. The minimum Gasteiger partial charge on any atom is -0.465 e. The van der Waals surface area contributed by atoms with E-state index in [2.05, 4.69) is 12.6 Å². The smallest absolute Gasteiger partial charge is 0.408 e. The van der Waals surface area contributed by atoms with E-state index in [1.54, 1.807) is 14.1 Å². The van der Waals surface area contributed by atoms with Crippen LogP contribution in [0.25, 0.3) is 0 Å². The summed E-state index contributed by atoms with van der Waals surface area (Å²) >= 11 is 4.19. The predicted octanol–water partition coefficient (Wildman–Crippen LogP) is 0.125. The first-order valence-corrected chi connectivity index (χ1v) is 4.84. The van der Waals surface area contributed by atoms with Crippen LogP contribution < -0.4 is 0 Å². The largest absolute Gasteiger partial charge is 0.465 e. The highest BCUT2D eigenvalue weighted by atomic mass is 32.1. The summed E-state index contributed by atoms with van der Waals surface area (Å²) in [6.45, 7) is 0.322. The second-order valence-corrected chi connectivity index (χ2v) is 4.30. The fraction of sp³-hybridized carbons (Fsp3) is 0.750. The monoisotopic (exact) mass is 218 g/mol. The van der Waals surface area contributed by atoms with Gasteiger partial charge in [0.15, 0.2) is 0 Å². The van der Waals surface area contributed by atoms with Gasteiger partial charge in [-0.3, -0.25) is 9.69 Å². The maximum Gasteiger partial charge on any atom is 0.408 e. The Kier molecular flexibility index (Phi) is 3.25. The van der Waals surface area contributed by atoms with Crippen LogP contribution in [0.4, 0.5) is 4.79 Å². The number of likely N-dealkylation sites (N-methyl/N-ethyl adjacent to an activating group) is 1. The van der Waals surface area contributed by atoms with Gasteiger partial charge in [0.2, 0.25) is 5.91 Å². The molecule has 1 aliphatic rings. The number of hydrogen-bond donors (Lipinski definition) is 2. The number of rotatable bonds is 1. The number of carbonyl (C=O) groups is 2. The third kappa shape index (κ3) is 2.12. The van der Waals surface area contributed by atoms with E-state index in [4.69, 9.17) is 5.11 Å². The standard InChI is InChI=1S/C8H14N2O3S/c1-9(2)7(11)6-3-5(14)4-10(6)8(12)13/h5-6,14H,3-4H2,1-2H3,(H,12,13). The third-order valence-corrected chi connectivity index (χ3v) is 2.62. The van der Waals surface area contributed by atoms with Crippen molar-refractivity contribution in [3.63, 3.8) is 0 Å². The van der Waals surface area contributed by atoms with Gasteiger partial charge in [-0.15, -0.1) is 0 Å². The number of likely N-dealkylation sites (tertiary alicyclic amines) is 1. The molecule has 1 saturated heterocycles. The highest BCUT2D eigenvalue weighted by Gasteiger charge is 2.38. The molecule has 0 aromatic heterocycles. The second-order valence-electron chi connectivity index (χ2n) is 3.57. The molecule has 1 fully saturated rings. The Bertz CT molecular complexity index is 257. The number of carbonyl (C=O) groups excluding carboxylic acids is 1. The van der Waals surface area contributed by atoms with Gasteiger partial charge >= 0.3 is 6.09 Å². The number of carboxylic acid groups (broad SMARTS) is 1. The summed E-state index contributed by atoms with van der Waals surface area (Å²) < 4.78 is 0. The maximum atomic E-state index is 11.6. The lowest BCUT2D eigenvalue weighted by molar-refractivity contribution is -0.132. The van der Waals surface area contributed by atoms with Crippen molar-refractivity contribution in [1.82, 2.24) is 9.80 Å². The van der Waals surface area contributed by atoms with Crippen LogP contribution in [-0.2, 0) is 4.79 Å². The molecule has 2 amide bonds. The van der Waals surface area contributed by atoms with Gasteiger partial charge in [-0.05, 0) is 6.42 Å². The number of amides is 2. The zero-order valence-corrected chi connectivity index (χ0v) is 9.07. The molecule has 0 aromatic carbocycles. The van der Waals surface area contributed by atoms with Crippen LogP contribution in [-0.4, -0.2) is 58.8 Å². The average molecular weight is 218 g/mol. The molecule has 1 heterocycles. The summed E-state index contributed by atoms with van der Waals surface area (Å²) in [6, 6.07) is -0.565. The van der Waals surface area contributed by atoms with Gasteiger partial charge in [-0.25, -0.2) is 4.79 Å². The molecule has 0 saturated carbocycles. The Morgan fingerprint density at radius 3 is 2.50 bits per heavy atom. The van der Waals surface area contributed by atoms with Gasteiger partial charge in [0, 0.05) is 25.9 Å². The van der Waals surface area contributed by atoms with Gasteiger partial charge in [0.1, 0.15) is 6.04 Å². The van der Waals surface area contributed by atoms with Crippen LogP contribution >= 0.6 is 12.6 Å². The van der Waals surface area contributed by atoms with Crippen molar-refractivity contribution in [2.24, 2.45) is 0 Å². The van der Waals surface area contributed by atoms with Crippen molar-refractivity contribution in [1.29, 1.82) is 0 Å². The molecule has 14 heavy (non-hydrogen) atoms. The van der Waals surface area contributed by atoms with E-state index in [-0.39, 0.29) is 11.2 Å². The minimum atomic E-state index is -1.05. The minimum absolute atomic E-state index is 0.0417. The molecule has 1 N–H and O–H groups in total. The SMILES string of the molecule is CN(C)C(=O)C1CC(S)CN1C(=O)O. The van der Waals surface area contributed by atoms with E-state index < -0.39 is 12.1 Å². The molecule has 1 aliphatic heterocycles. The van der Waals surface area contributed by atoms with Crippen LogP contribution in [0.2, 0.25) is 0 Å². The Morgan fingerprint density at radius 1 is 1.50 bits per heavy atom. The van der Waals surface area contributed by atoms with E-state index in [1.165, 1.54) is 4.90 Å². The average Bonchev–Trinajstić information content (AvgIpc) is 2.45. The highest BCUT2D eigenvalue weighted by molar-refractivity contribution is 7.81. The fourth-order valence-electron chi connectivity index (χ4n) is 1.56. The number of nitrogens with zero attached hydrogens (tertiary/aromatic N) is 2. The molecule has 2 unspecified atom stereocenters. The third-order valence-electron chi connectivity index (χ3n) is 2.25. The Hall–Kier alpha value is -0.910. The molecule has 0 spiro atoms. The quantitative estimate of drug-likeness (QED) is 0.615. The van der Waals surface area contributed by atoms with Crippen molar-refractivity contribution in [2.45, 2.75) is 17.7 Å². The van der Waals surface area contributed by atoms with Crippen LogP contribution in [0.1, 0.15) is 6.42 Å². The van der Waals surface area contributed by atoms with Crippen LogP contribution in [0.5, 0.6) is 0 Å². The van der Waals surface area contributed by atoms with Crippen molar-refractivity contribution in [3.05, 3.63) is 0 Å². The number of hydrogen-bond acceptors (Lipinski definition) is 3. The van der Waals surface area contributed by atoms with E-state index in [9.17, 15) is 9.59 Å². The first-order chi connectivity index (χ1) is 6.43. The first-order valence-electron chi connectivity index (χ1n) is 4.32. The predicted molar refractivity (Wildman–Crippen MR) is 54.6 cm³/mol. The van der Waals surface area contributed by atoms with E-state index in [0.717, 1.165) is 4.90 Å². The summed E-state index contributed by atoms with van der Waals surface area (Å²) in [6.07, 6.45) is -0.561. The van der Waals surface area contributed by atoms with Gasteiger partial charge in [0.05, 0.1) is 0 Å². The van der Waals surface area contributed by atoms with Crippen molar-refractivity contribution < 1.29 is 14.7 Å². The molecular formula is C8H14N2O3S. The Labute approximate surface area is 88.1 Å². The van der Waals surface area contributed by atoms with E-state index in [1.807, 2.05) is 0 Å². The zero-order chi connectivity index (χ0) is 10.9. The molecule has 1 rings (SSSR count). The number of thiol groups is 1. The summed E-state index contributed by atoms with van der Waals surface area (Å²) in [7, 11) is 3.24. The zero-order valence-electron chi connectivity index (χ0n) is 8.17. The van der Waals surface area contributed by atoms with Gasteiger partial charge in [-0.1, -0.05) is 0 Å². The Balaban J connectivity index is 2.76. The van der Waals surface area contributed by atoms with Crippen molar-refractivity contribution in [3.8, 4) is 0 Å². The lowest BCUT2D eigenvalue weighted by Gasteiger charge is -2.23. The van der Waals surface area contributed by atoms with Crippen molar-refractivity contribution in [2.75, 3.05) is 20.6 Å². The van der Waals surface area contributed by atoms with Crippen LogP contribution in [0.3, 0.4) is 0 Å². The Morgan fingerprint density at radius 2 is 2.07 bits per heavy atom. The molecule has 0 radical (unpaired) electrons. The van der Waals surface area contributed by atoms with E-state index in [0.29, 0.717) is 13.0 Å². The molecule has 0 bridgehead atoms. The summed E-state index contributed by atoms with van der Waals surface area (Å²) in [5.74, 6) is -0.177. The molecular weight excluding hydrogens is 204 g/mol.